The Bertz CT molecular complexity index is 259. The average molecular weight is 160 g/mol. The SMILES string of the molecule is C.c1ccc2c(c1)C1CCC2C1. The van der Waals surface area contributed by atoms with Crippen molar-refractivity contribution in [3.05, 3.63) is 35.4 Å². The molecule has 2 atom stereocenters. The van der Waals surface area contributed by atoms with Crippen LogP contribution in [-0.2, 0) is 0 Å². The van der Waals surface area contributed by atoms with E-state index in [1.807, 2.05) is 0 Å². The van der Waals surface area contributed by atoms with Crippen molar-refractivity contribution in [1.82, 2.24) is 0 Å². The van der Waals surface area contributed by atoms with Gasteiger partial charge < -0.3 is 0 Å². The van der Waals surface area contributed by atoms with Crippen molar-refractivity contribution in [3.8, 4) is 0 Å². The Balaban J connectivity index is 0.000000563. The Labute approximate surface area is 74.6 Å². The molecule has 1 aromatic carbocycles. The normalized spacial score (nSPS) is 29.7. The molecule has 1 saturated carbocycles. The molecule has 0 spiro atoms. The lowest BCUT2D eigenvalue weighted by Crippen LogP contribution is -1.95. The Kier molecular flexibility index (Phi) is 1.71. The fraction of sp³-hybridized carbons (Fsp3) is 0.500. The largest absolute Gasteiger partial charge is 0.0776 e. The molecule has 2 aliphatic carbocycles. The first kappa shape index (κ1) is 7.85. The highest BCUT2D eigenvalue weighted by Crippen LogP contribution is 2.52. The van der Waals surface area contributed by atoms with Crippen LogP contribution in [0.5, 0.6) is 0 Å². The van der Waals surface area contributed by atoms with Gasteiger partial charge in [-0.2, -0.15) is 0 Å². The van der Waals surface area contributed by atoms with Crippen molar-refractivity contribution in [1.29, 1.82) is 0 Å². The van der Waals surface area contributed by atoms with E-state index in [0.717, 1.165) is 11.8 Å². The number of hydrogen-bond acceptors (Lipinski definition) is 0. The van der Waals surface area contributed by atoms with Crippen LogP contribution in [0.4, 0.5) is 0 Å². The summed E-state index contributed by atoms with van der Waals surface area (Å²) in [6.07, 6.45) is 4.34. The van der Waals surface area contributed by atoms with Crippen molar-refractivity contribution < 1.29 is 0 Å². The molecule has 0 radical (unpaired) electrons. The van der Waals surface area contributed by atoms with Gasteiger partial charge in [0.2, 0.25) is 0 Å². The summed E-state index contributed by atoms with van der Waals surface area (Å²) in [6, 6.07) is 9.00. The Morgan fingerprint density at radius 3 is 1.92 bits per heavy atom. The topological polar surface area (TPSA) is 0 Å². The molecule has 2 bridgehead atoms. The highest BCUT2D eigenvalue weighted by Gasteiger charge is 2.35. The van der Waals surface area contributed by atoms with Crippen molar-refractivity contribution in [3.63, 3.8) is 0 Å². The third kappa shape index (κ3) is 0.841. The zero-order chi connectivity index (χ0) is 7.26. The van der Waals surface area contributed by atoms with E-state index in [9.17, 15) is 0 Å². The summed E-state index contributed by atoms with van der Waals surface area (Å²) in [4.78, 5) is 0. The summed E-state index contributed by atoms with van der Waals surface area (Å²) in [5.41, 5.74) is 3.31. The van der Waals surface area contributed by atoms with Gasteiger partial charge in [-0.15, -0.1) is 0 Å². The fourth-order valence-electron chi connectivity index (χ4n) is 2.80. The van der Waals surface area contributed by atoms with Gasteiger partial charge in [0, 0.05) is 0 Å². The van der Waals surface area contributed by atoms with Crippen LogP contribution in [0.15, 0.2) is 24.3 Å². The fourth-order valence-corrected chi connectivity index (χ4v) is 2.80. The second kappa shape index (κ2) is 2.62. The minimum Gasteiger partial charge on any atom is -0.0776 e. The van der Waals surface area contributed by atoms with Crippen LogP contribution < -0.4 is 0 Å². The van der Waals surface area contributed by atoms with Gasteiger partial charge in [0.1, 0.15) is 0 Å². The predicted molar refractivity (Wildman–Crippen MR) is 52.5 cm³/mol. The molecule has 3 rings (SSSR count). The molecule has 1 fully saturated rings. The van der Waals surface area contributed by atoms with E-state index in [2.05, 4.69) is 24.3 Å². The summed E-state index contributed by atoms with van der Waals surface area (Å²) in [6.45, 7) is 0. The van der Waals surface area contributed by atoms with E-state index in [1.165, 1.54) is 19.3 Å². The van der Waals surface area contributed by atoms with E-state index in [0.29, 0.717) is 0 Å². The zero-order valence-corrected chi connectivity index (χ0v) is 6.59. The molecule has 12 heavy (non-hydrogen) atoms. The van der Waals surface area contributed by atoms with E-state index >= 15 is 0 Å². The van der Waals surface area contributed by atoms with Crippen LogP contribution in [0.2, 0.25) is 0 Å². The molecule has 2 unspecified atom stereocenters. The molecular formula is C12H16. The predicted octanol–water partition coefficient (Wildman–Crippen LogP) is 3.69. The molecule has 0 nitrogen and oxygen atoms in total. The van der Waals surface area contributed by atoms with Gasteiger partial charge in [0.25, 0.3) is 0 Å². The van der Waals surface area contributed by atoms with Gasteiger partial charge in [-0.05, 0) is 42.2 Å². The smallest absolute Gasteiger partial charge is 0.0153 e. The highest BCUT2D eigenvalue weighted by molar-refractivity contribution is 5.40. The van der Waals surface area contributed by atoms with Gasteiger partial charge in [-0.3, -0.25) is 0 Å². The van der Waals surface area contributed by atoms with E-state index in [1.54, 1.807) is 11.1 Å². The molecule has 0 aliphatic heterocycles. The quantitative estimate of drug-likeness (QED) is 0.543. The first-order valence-corrected chi connectivity index (χ1v) is 4.54. The molecule has 2 aliphatic rings. The van der Waals surface area contributed by atoms with E-state index in [-0.39, 0.29) is 7.43 Å². The second-order valence-corrected chi connectivity index (χ2v) is 3.84. The van der Waals surface area contributed by atoms with Crippen LogP contribution in [0.25, 0.3) is 0 Å². The number of rotatable bonds is 0. The molecule has 0 N–H and O–H groups in total. The van der Waals surface area contributed by atoms with Crippen molar-refractivity contribution >= 4 is 0 Å². The summed E-state index contributed by atoms with van der Waals surface area (Å²) in [5, 5.41) is 0. The maximum absolute atomic E-state index is 2.32. The molecule has 0 aromatic heterocycles. The molecule has 0 heteroatoms. The summed E-state index contributed by atoms with van der Waals surface area (Å²) in [5.74, 6) is 1.85. The Morgan fingerprint density at radius 2 is 1.42 bits per heavy atom. The summed E-state index contributed by atoms with van der Waals surface area (Å²) in [7, 11) is 0. The Hall–Kier alpha value is -0.780. The van der Waals surface area contributed by atoms with E-state index < -0.39 is 0 Å². The van der Waals surface area contributed by atoms with Crippen LogP contribution in [0, 0.1) is 0 Å². The molecule has 0 amide bonds. The van der Waals surface area contributed by atoms with Crippen LogP contribution in [-0.4, -0.2) is 0 Å². The van der Waals surface area contributed by atoms with Gasteiger partial charge in [-0.1, -0.05) is 31.7 Å². The van der Waals surface area contributed by atoms with Crippen LogP contribution in [0.3, 0.4) is 0 Å². The van der Waals surface area contributed by atoms with Crippen molar-refractivity contribution in [2.24, 2.45) is 0 Å². The standard InChI is InChI=1S/C11H12.CH4/c1-2-4-11-9-6-5-8(7-9)10(11)3-1;/h1-4,8-9H,5-7H2;1H4. The molecule has 0 saturated heterocycles. The number of benzene rings is 1. The summed E-state index contributed by atoms with van der Waals surface area (Å²) < 4.78 is 0. The maximum atomic E-state index is 2.32. The third-order valence-electron chi connectivity index (χ3n) is 3.31. The van der Waals surface area contributed by atoms with Gasteiger partial charge in [0.05, 0.1) is 0 Å². The minimum atomic E-state index is 0. The van der Waals surface area contributed by atoms with Crippen molar-refractivity contribution in [2.75, 3.05) is 0 Å². The van der Waals surface area contributed by atoms with Gasteiger partial charge in [-0.25, -0.2) is 0 Å². The lowest BCUT2D eigenvalue weighted by atomic mass is 9.92. The molecule has 64 valence electrons. The lowest BCUT2D eigenvalue weighted by Gasteiger charge is -2.13. The van der Waals surface area contributed by atoms with Crippen molar-refractivity contribution in [2.45, 2.75) is 38.5 Å². The Morgan fingerprint density at radius 1 is 0.917 bits per heavy atom. The maximum Gasteiger partial charge on any atom is -0.0153 e. The monoisotopic (exact) mass is 160 g/mol. The molecular weight excluding hydrogens is 144 g/mol. The number of hydrogen-bond donors (Lipinski definition) is 0. The summed E-state index contributed by atoms with van der Waals surface area (Å²) >= 11 is 0. The lowest BCUT2D eigenvalue weighted by molar-refractivity contribution is 0.717. The van der Waals surface area contributed by atoms with Gasteiger partial charge >= 0.3 is 0 Å². The third-order valence-corrected chi connectivity index (χ3v) is 3.31. The first-order chi connectivity index (χ1) is 5.45. The number of fused-ring (bicyclic) bond motifs is 5. The highest BCUT2D eigenvalue weighted by atomic mass is 14.4. The van der Waals surface area contributed by atoms with E-state index in [4.69, 9.17) is 0 Å². The average Bonchev–Trinajstić information content (AvgIpc) is 2.64. The molecule has 1 aromatic rings. The minimum absolute atomic E-state index is 0. The van der Waals surface area contributed by atoms with Crippen LogP contribution in [0.1, 0.15) is 49.7 Å². The van der Waals surface area contributed by atoms with Crippen LogP contribution >= 0.6 is 0 Å². The molecule has 0 heterocycles. The first-order valence-electron chi connectivity index (χ1n) is 4.54. The van der Waals surface area contributed by atoms with Gasteiger partial charge in [0.15, 0.2) is 0 Å². The second-order valence-electron chi connectivity index (χ2n) is 3.84. The zero-order valence-electron chi connectivity index (χ0n) is 6.59.